The fourth-order valence-corrected chi connectivity index (χ4v) is 2.98. The zero-order chi connectivity index (χ0) is 16.8. The van der Waals surface area contributed by atoms with E-state index in [1.54, 1.807) is 18.2 Å². The van der Waals surface area contributed by atoms with E-state index in [2.05, 4.69) is 22.5 Å². The molecule has 0 aliphatic carbocycles. The zero-order valence-electron chi connectivity index (χ0n) is 13.7. The van der Waals surface area contributed by atoms with Crippen LogP contribution in [-0.2, 0) is 9.59 Å². The molecule has 0 spiro atoms. The van der Waals surface area contributed by atoms with Crippen LogP contribution in [0.4, 0.5) is 5.69 Å². The Morgan fingerprint density at radius 1 is 1.35 bits per heavy atom. The predicted octanol–water partition coefficient (Wildman–Crippen LogP) is 2.44. The fourth-order valence-electron chi connectivity index (χ4n) is 2.81. The van der Waals surface area contributed by atoms with Gasteiger partial charge in [0.15, 0.2) is 0 Å². The lowest BCUT2D eigenvalue weighted by molar-refractivity contribution is -0.125. The van der Waals surface area contributed by atoms with Crippen molar-refractivity contribution in [1.82, 2.24) is 10.2 Å². The van der Waals surface area contributed by atoms with Crippen LogP contribution >= 0.6 is 11.6 Å². The topological polar surface area (TPSA) is 61.4 Å². The van der Waals surface area contributed by atoms with Crippen LogP contribution in [0, 0.1) is 12.8 Å². The van der Waals surface area contributed by atoms with Crippen molar-refractivity contribution < 1.29 is 9.59 Å². The molecule has 1 atom stereocenters. The maximum Gasteiger partial charge on any atom is 0.243 e. The fraction of sp³-hybridized carbons (Fsp3) is 0.529. The number of nitrogens with one attached hydrogen (secondary N) is 2. The Kier molecular flexibility index (Phi) is 6.42. The second-order valence-electron chi connectivity index (χ2n) is 6.22. The Morgan fingerprint density at radius 3 is 2.87 bits per heavy atom. The molecule has 2 rings (SSSR count). The molecular formula is C17H24ClN3O2. The summed E-state index contributed by atoms with van der Waals surface area (Å²) >= 11 is 6.02. The highest BCUT2D eigenvalue weighted by molar-refractivity contribution is 6.31. The quantitative estimate of drug-likeness (QED) is 0.867. The van der Waals surface area contributed by atoms with Crippen LogP contribution in [0.15, 0.2) is 18.2 Å². The highest BCUT2D eigenvalue weighted by Gasteiger charge is 2.18. The predicted molar refractivity (Wildman–Crippen MR) is 92.7 cm³/mol. The van der Waals surface area contributed by atoms with Gasteiger partial charge in [0, 0.05) is 17.3 Å². The molecule has 126 valence electrons. The Labute approximate surface area is 142 Å². The molecule has 0 bridgehead atoms. The van der Waals surface area contributed by atoms with Gasteiger partial charge in [0.1, 0.15) is 0 Å². The van der Waals surface area contributed by atoms with Gasteiger partial charge in [-0.05, 0) is 49.9 Å². The van der Waals surface area contributed by atoms with E-state index in [1.165, 1.54) is 6.42 Å². The number of carbonyl (C=O) groups excluding carboxylic acids is 2. The van der Waals surface area contributed by atoms with Crippen molar-refractivity contribution in [3.05, 3.63) is 28.8 Å². The molecular weight excluding hydrogens is 314 g/mol. The minimum atomic E-state index is -0.254. The first-order valence-corrected chi connectivity index (χ1v) is 8.37. The molecule has 1 heterocycles. The largest absolute Gasteiger partial charge is 0.346 e. The molecule has 0 radical (unpaired) electrons. The van der Waals surface area contributed by atoms with Gasteiger partial charge in [-0.25, -0.2) is 0 Å². The van der Waals surface area contributed by atoms with Crippen LogP contribution in [0.1, 0.15) is 25.3 Å². The second-order valence-corrected chi connectivity index (χ2v) is 6.63. The summed E-state index contributed by atoms with van der Waals surface area (Å²) in [4.78, 5) is 26.0. The lowest BCUT2D eigenvalue weighted by Crippen LogP contribution is -2.43. The van der Waals surface area contributed by atoms with Crippen LogP contribution in [0.5, 0.6) is 0 Å². The van der Waals surface area contributed by atoms with Gasteiger partial charge in [0.25, 0.3) is 0 Å². The summed E-state index contributed by atoms with van der Waals surface area (Å²) in [6, 6.07) is 5.34. The van der Waals surface area contributed by atoms with E-state index >= 15 is 0 Å². The standard InChI is InChI=1S/C17H24ClN3O2/c1-12-5-4-8-21(10-12)11-17(23)19-9-16(22)20-15-7-3-6-14(18)13(15)2/h3,6-7,12H,4-5,8-11H2,1-2H3,(H,19,23)(H,20,22). The van der Waals surface area contributed by atoms with Crippen molar-refractivity contribution in [2.24, 2.45) is 5.92 Å². The van der Waals surface area contributed by atoms with E-state index in [4.69, 9.17) is 11.6 Å². The number of hydrogen-bond acceptors (Lipinski definition) is 3. The molecule has 2 amide bonds. The van der Waals surface area contributed by atoms with E-state index in [-0.39, 0.29) is 18.4 Å². The molecule has 6 heteroatoms. The molecule has 1 aliphatic rings. The SMILES string of the molecule is Cc1c(Cl)cccc1NC(=O)CNC(=O)CN1CCCC(C)C1. The van der Waals surface area contributed by atoms with E-state index in [0.29, 0.717) is 23.2 Å². The Hall–Kier alpha value is -1.59. The molecule has 1 unspecified atom stereocenters. The second kappa shape index (κ2) is 8.31. The van der Waals surface area contributed by atoms with Gasteiger partial charge in [-0.1, -0.05) is 24.6 Å². The lowest BCUT2D eigenvalue weighted by atomic mass is 10.0. The number of piperidine rings is 1. The number of amides is 2. The average Bonchev–Trinajstić information content (AvgIpc) is 2.50. The van der Waals surface area contributed by atoms with Gasteiger partial charge in [-0.2, -0.15) is 0 Å². The van der Waals surface area contributed by atoms with E-state index in [1.807, 2.05) is 6.92 Å². The van der Waals surface area contributed by atoms with Crippen molar-refractivity contribution in [3.8, 4) is 0 Å². The normalized spacial score (nSPS) is 18.5. The van der Waals surface area contributed by atoms with Gasteiger partial charge in [-0.3, -0.25) is 14.5 Å². The first-order valence-electron chi connectivity index (χ1n) is 7.99. The summed E-state index contributed by atoms with van der Waals surface area (Å²) in [6.45, 7) is 6.26. The number of anilines is 1. The Morgan fingerprint density at radius 2 is 2.13 bits per heavy atom. The summed E-state index contributed by atoms with van der Waals surface area (Å²) in [5, 5.41) is 6.04. The van der Waals surface area contributed by atoms with Crippen LogP contribution in [0.25, 0.3) is 0 Å². The maximum atomic E-state index is 11.9. The van der Waals surface area contributed by atoms with Crippen molar-refractivity contribution in [2.75, 3.05) is 31.5 Å². The molecule has 1 aromatic rings. The molecule has 0 aromatic heterocycles. The number of carbonyl (C=O) groups is 2. The number of likely N-dealkylation sites (tertiary alicyclic amines) is 1. The first-order chi connectivity index (χ1) is 11.0. The zero-order valence-corrected chi connectivity index (χ0v) is 14.4. The van der Waals surface area contributed by atoms with Gasteiger partial charge in [0.05, 0.1) is 13.1 Å². The number of nitrogens with zero attached hydrogens (tertiary/aromatic N) is 1. The number of halogens is 1. The molecule has 23 heavy (non-hydrogen) atoms. The minimum absolute atomic E-state index is 0.0336. The highest BCUT2D eigenvalue weighted by Crippen LogP contribution is 2.22. The van der Waals surface area contributed by atoms with Crippen LogP contribution in [0.2, 0.25) is 5.02 Å². The van der Waals surface area contributed by atoms with Gasteiger partial charge < -0.3 is 10.6 Å². The van der Waals surface area contributed by atoms with Gasteiger partial charge in [-0.15, -0.1) is 0 Å². The molecule has 5 nitrogen and oxygen atoms in total. The van der Waals surface area contributed by atoms with Crippen molar-refractivity contribution in [3.63, 3.8) is 0 Å². The van der Waals surface area contributed by atoms with E-state index < -0.39 is 0 Å². The third kappa shape index (κ3) is 5.52. The van der Waals surface area contributed by atoms with Crippen molar-refractivity contribution in [2.45, 2.75) is 26.7 Å². The number of benzene rings is 1. The number of rotatable bonds is 5. The molecule has 1 saturated heterocycles. The third-order valence-electron chi connectivity index (χ3n) is 4.10. The molecule has 0 saturated carbocycles. The number of hydrogen-bond donors (Lipinski definition) is 2. The third-order valence-corrected chi connectivity index (χ3v) is 4.51. The first kappa shape index (κ1) is 17.8. The van der Waals surface area contributed by atoms with Crippen molar-refractivity contribution in [1.29, 1.82) is 0 Å². The van der Waals surface area contributed by atoms with Crippen LogP contribution in [0.3, 0.4) is 0 Å². The highest BCUT2D eigenvalue weighted by atomic mass is 35.5. The summed E-state index contributed by atoms with van der Waals surface area (Å²) < 4.78 is 0. The monoisotopic (exact) mass is 337 g/mol. The molecule has 1 fully saturated rings. The molecule has 1 aliphatic heterocycles. The average molecular weight is 338 g/mol. The Bertz CT molecular complexity index is 577. The summed E-state index contributed by atoms with van der Waals surface area (Å²) in [5.74, 6) is 0.262. The van der Waals surface area contributed by atoms with Crippen LogP contribution in [-0.4, -0.2) is 42.9 Å². The van der Waals surface area contributed by atoms with Crippen LogP contribution < -0.4 is 10.6 Å². The van der Waals surface area contributed by atoms with Crippen molar-refractivity contribution >= 4 is 29.1 Å². The summed E-state index contributed by atoms with van der Waals surface area (Å²) in [5.41, 5.74) is 1.48. The summed E-state index contributed by atoms with van der Waals surface area (Å²) in [7, 11) is 0. The minimum Gasteiger partial charge on any atom is -0.346 e. The van der Waals surface area contributed by atoms with E-state index in [0.717, 1.165) is 25.1 Å². The molecule has 1 aromatic carbocycles. The van der Waals surface area contributed by atoms with E-state index in [9.17, 15) is 9.59 Å². The lowest BCUT2D eigenvalue weighted by Gasteiger charge is -2.30. The smallest absolute Gasteiger partial charge is 0.243 e. The van der Waals surface area contributed by atoms with Gasteiger partial charge >= 0.3 is 0 Å². The Balaban J connectivity index is 1.75. The van der Waals surface area contributed by atoms with Gasteiger partial charge in [0.2, 0.25) is 11.8 Å². The maximum absolute atomic E-state index is 11.9. The summed E-state index contributed by atoms with van der Waals surface area (Å²) in [6.07, 6.45) is 2.35. The molecule has 2 N–H and O–H groups in total.